The molecule has 0 aromatic carbocycles. The van der Waals surface area contributed by atoms with Gasteiger partial charge < -0.3 is 19.6 Å². The Kier molecular flexibility index (Phi) is 3.20. The number of nitrogens with zero attached hydrogens (tertiary/aromatic N) is 3. The van der Waals surface area contributed by atoms with Gasteiger partial charge in [0.1, 0.15) is 6.61 Å². The van der Waals surface area contributed by atoms with E-state index in [1.165, 1.54) is 11.5 Å². The SMILES string of the molecule is COCCOc1nc2ccccn2c1[N+](=O)[O-]. The molecule has 0 atom stereocenters. The fraction of sp³-hybridized carbons (Fsp3) is 0.300. The summed E-state index contributed by atoms with van der Waals surface area (Å²) in [7, 11) is 1.53. The zero-order chi connectivity index (χ0) is 12.3. The molecule has 0 N–H and O–H groups in total. The molecule has 0 bridgehead atoms. The van der Waals surface area contributed by atoms with Gasteiger partial charge in [-0.2, -0.15) is 9.38 Å². The molecule has 0 amide bonds. The number of rotatable bonds is 5. The van der Waals surface area contributed by atoms with E-state index in [-0.39, 0.29) is 18.3 Å². The van der Waals surface area contributed by atoms with Gasteiger partial charge in [-0.05, 0) is 11.0 Å². The van der Waals surface area contributed by atoms with E-state index in [1.54, 1.807) is 24.4 Å². The standard InChI is InChI=1S/C10H11N3O4/c1-16-6-7-17-9-10(13(14)15)12-5-3-2-4-8(12)11-9/h2-5H,6-7H2,1H3. The van der Waals surface area contributed by atoms with Crippen LogP contribution in [0.3, 0.4) is 0 Å². The van der Waals surface area contributed by atoms with Crippen molar-refractivity contribution >= 4 is 11.5 Å². The highest BCUT2D eigenvalue weighted by molar-refractivity contribution is 5.52. The average Bonchev–Trinajstić information content (AvgIpc) is 2.67. The van der Waals surface area contributed by atoms with Gasteiger partial charge >= 0.3 is 11.7 Å². The third-order valence-corrected chi connectivity index (χ3v) is 2.17. The van der Waals surface area contributed by atoms with Crippen molar-refractivity contribution in [2.24, 2.45) is 0 Å². The van der Waals surface area contributed by atoms with Gasteiger partial charge in [0.15, 0.2) is 0 Å². The van der Waals surface area contributed by atoms with Crippen molar-refractivity contribution in [1.82, 2.24) is 9.38 Å². The van der Waals surface area contributed by atoms with Crippen LogP contribution in [0.15, 0.2) is 24.4 Å². The Balaban J connectivity index is 2.39. The van der Waals surface area contributed by atoms with Crippen LogP contribution in [0.1, 0.15) is 0 Å². The fourth-order valence-electron chi connectivity index (χ4n) is 1.45. The second kappa shape index (κ2) is 4.79. The molecule has 0 unspecified atom stereocenters. The van der Waals surface area contributed by atoms with Crippen LogP contribution in [0, 0.1) is 10.1 Å². The highest BCUT2D eigenvalue weighted by Crippen LogP contribution is 2.27. The van der Waals surface area contributed by atoms with Crippen LogP contribution in [-0.2, 0) is 4.74 Å². The molecule has 0 aliphatic carbocycles. The summed E-state index contributed by atoms with van der Waals surface area (Å²) < 4.78 is 11.4. The fourth-order valence-corrected chi connectivity index (χ4v) is 1.45. The molecule has 0 saturated heterocycles. The predicted molar refractivity (Wildman–Crippen MR) is 59.2 cm³/mol. The summed E-state index contributed by atoms with van der Waals surface area (Å²) in [4.78, 5) is 14.5. The van der Waals surface area contributed by atoms with Crippen LogP contribution < -0.4 is 4.74 Å². The van der Waals surface area contributed by atoms with Crippen LogP contribution in [0.25, 0.3) is 5.65 Å². The monoisotopic (exact) mass is 237 g/mol. The van der Waals surface area contributed by atoms with E-state index in [0.29, 0.717) is 12.3 Å². The number of methoxy groups -OCH3 is 1. The van der Waals surface area contributed by atoms with Crippen molar-refractivity contribution in [3.05, 3.63) is 34.5 Å². The Bertz CT molecular complexity index is 537. The van der Waals surface area contributed by atoms with Gasteiger partial charge in [-0.3, -0.25) is 0 Å². The van der Waals surface area contributed by atoms with Gasteiger partial charge in [-0.1, -0.05) is 6.07 Å². The first-order chi connectivity index (χ1) is 8.24. The van der Waals surface area contributed by atoms with E-state index in [1.807, 2.05) is 0 Å². The summed E-state index contributed by atoms with van der Waals surface area (Å²) in [5.74, 6) is -0.157. The van der Waals surface area contributed by atoms with Gasteiger partial charge in [0.05, 0.1) is 12.8 Å². The predicted octanol–water partition coefficient (Wildman–Crippen LogP) is 1.27. The third-order valence-electron chi connectivity index (χ3n) is 2.17. The molecule has 7 heteroatoms. The summed E-state index contributed by atoms with van der Waals surface area (Å²) in [6.07, 6.45) is 1.57. The van der Waals surface area contributed by atoms with Crippen molar-refractivity contribution in [3.63, 3.8) is 0 Å². The molecular formula is C10H11N3O4. The number of ether oxygens (including phenoxy) is 2. The summed E-state index contributed by atoms with van der Waals surface area (Å²) in [6, 6.07) is 5.13. The van der Waals surface area contributed by atoms with Crippen molar-refractivity contribution in [2.75, 3.05) is 20.3 Å². The maximum atomic E-state index is 11.0. The largest absolute Gasteiger partial charge is 0.469 e. The highest BCUT2D eigenvalue weighted by Gasteiger charge is 2.23. The molecule has 7 nitrogen and oxygen atoms in total. The lowest BCUT2D eigenvalue weighted by Crippen LogP contribution is -2.06. The Morgan fingerprint density at radius 2 is 2.29 bits per heavy atom. The maximum Gasteiger partial charge on any atom is 0.392 e. The van der Waals surface area contributed by atoms with Gasteiger partial charge in [-0.15, -0.1) is 0 Å². The Hall–Kier alpha value is -2.15. The smallest absolute Gasteiger partial charge is 0.392 e. The van der Waals surface area contributed by atoms with Crippen molar-refractivity contribution in [2.45, 2.75) is 0 Å². The number of imidazole rings is 1. The third kappa shape index (κ3) is 2.18. The molecule has 0 fully saturated rings. The van der Waals surface area contributed by atoms with Gasteiger partial charge in [0.25, 0.3) is 0 Å². The lowest BCUT2D eigenvalue weighted by molar-refractivity contribution is -0.391. The molecule has 0 aliphatic heterocycles. The number of hydrogen-bond acceptors (Lipinski definition) is 5. The Morgan fingerprint density at radius 3 is 3.00 bits per heavy atom. The molecule has 0 spiro atoms. The summed E-state index contributed by atoms with van der Waals surface area (Å²) in [5.41, 5.74) is 0.478. The van der Waals surface area contributed by atoms with Crippen molar-refractivity contribution in [1.29, 1.82) is 0 Å². The molecule has 90 valence electrons. The van der Waals surface area contributed by atoms with Gasteiger partial charge in [-0.25, -0.2) is 0 Å². The molecule has 2 aromatic heterocycles. The van der Waals surface area contributed by atoms with E-state index in [0.717, 1.165) is 0 Å². The van der Waals surface area contributed by atoms with Crippen LogP contribution in [0.4, 0.5) is 5.82 Å². The zero-order valence-corrected chi connectivity index (χ0v) is 9.20. The van der Waals surface area contributed by atoms with E-state index in [9.17, 15) is 10.1 Å². The zero-order valence-electron chi connectivity index (χ0n) is 9.20. The van der Waals surface area contributed by atoms with Crippen LogP contribution >= 0.6 is 0 Å². The van der Waals surface area contributed by atoms with E-state index < -0.39 is 4.92 Å². The average molecular weight is 237 g/mol. The molecule has 0 saturated carbocycles. The molecule has 0 aliphatic rings. The number of fused-ring (bicyclic) bond motifs is 1. The topological polar surface area (TPSA) is 78.9 Å². The minimum Gasteiger partial charge on any atom is -0.469 e. The lowest BCUT2D eigenvalue weighted by Gasteiger charge is -2.01. The van der Waals surface area contributed by atoms with E-state index >= 15 is 0 Å². The van der Waals surface area contributed by atoms with E-state index in [2.05, 4.69) is 4.98 Å². The van der Waals surface area contributed by atoms with Crippen LogP contribution in [0.5, 0.6) is 5.88 Å². The minimum absolute atomic E-state index is 0.0123. The molecule has 2 heterocycles. The van der Waals surface area contributed by atoms with Crippen LogP contribution in [0.2, 0.25) is 0 Å². The molecule has 2 rings (SSSR count). The maximum absolute atomic E-state index is 11.0. The highest BCUT2D eigenvalue weighted by atomic mass is 16.6. The minimum atomic E-state index is -0.512. The number of nitro groups is 1. The molecular weight excluding hydrogens is 226 g/mol. The number of hydrogen-bond donors (Lipinski definition) is 0. The van der Waals surface area contributed by atoms with Crippen molar-refractivity contribution in [3.8, 4) is 5.88 Å². The second-order valence-corrected chi connectivity index (χ2v) is 3.27. The van der Waals surface area contributed by atoms with Gasteiger partial charge in [0, 0.05) is 13.2 Å². The normalized spacial score (nSPS) is 10.6. The first-order valence-corrected chi connectivity index (χ1v) is 4.97. The first-order valence-electron chi connectivity index (χ1n) is 4.97. The second-order valence-electron chi connectivity index (χ2n) is 3.27. The Morgan fingerprint density at radius 1 is 1.47 bits per heavy atom. The van der Waals surface area contributed by atoms with Gasteiger partial charge in [0.2, 0.25) is 5.65 Å². The first kappa shape index (κ1) is 11.3. The van der Waals surface area contributed by atoms with Crippen molar-refractivity contribution < 1.29 is 14.4 Å². The van der Waals surface area contributed by atoms with Crippen LogP contribution in [-0.4, -0.2) is 34.6 Å². The van der Waals surface area contributed by atoms with E-state index in [4.69, 9.17) is 9.47 Å². The molecule has 17 heavy (non-hydrogen) atoms. The summed E-state index contributed by atoms with van der Waals surface area (Å²) in [5, 5.41) is 11.0. The Labute approximate surface area is 96.7 Å². The lowest BCUT2D eigenvalue weighted by atomic mass is 10.5. The molecule has 2 aromatic rings. The summed E-state index contributed by atoms with van der Waals surface area (Å²) >= 11 is 0. The summed E-state index contributed by atoms with van der Waals surface area (Å²) in [6.45, 7) is 0.576. The number of pyridine rings is 1. The quantitative estimate of drug-likeness (QED) is 0.444. The molecule has 0 radical (unpaired) electrons. The number of aromatic nitrogens is 2.